The lowest BCUT2D eigenvalue weighted by molar-refractivity contribution is 0.379. The Balaban J connectivity index is 2.41. The van der Waals surface area contributed by atoms with Gasteiger partial charge in [-0.2, -0.15) is 4.98 Å². The second-order valence-electron chi connectivity index (χ2n) is 4.56. The maximum absolute atomic E-state index is 11.5. The van der Waals surface area contributed by atoms with E-state index < -0.39 is 5.54 Å². The third kappa shape index (κ3) is 2.19. The fourth-order valence-electron chi connectivity index (χ4n) is 1.41. The van der Waals surface area contributed by atoms with Crippen molar-refractivity contribution in [2.45, 2.75) is 25.8 Å². The molecule has 6 nitrogen and oxygen atoms in total. The van der Waals surface area contributed by atoms with Gasteiger partial charge in [-0.05, 0) is 19.4 Å². The molecule has 0 saturated heterocycles. The van der Waals surface area contributed by atoms with Gasteiger partial charge in [-0.15, -0.1) is 0 Å². The summed E-state index contributed by atoms with van der Waals surface area (Å²) in [5.74, 6) is 0.758. The van der Waals surface area contributed by atoms with Gasteiger partial charge in [-0.25, -0.2) is 0 Å². The Morgan fingerprint density at radius 1 is 1.56 bits per heavy atom. The van der Waals surface area contributed by atoms with Gasteiger partial charge >= 0.3 is 0 Å². The van der Waals surface area contributed by atoms with Crippen molar-refractivity contribution in [3.63, 3.8) is 0 Å². The fraction of sp³-hybridized carbons (Fsp3) is 0.417. The summed E-state index contributed by atoms with van der Waals surface area (Å²) in [4.78, 5) is 15.8. The third-order valence-corrected chi connectivity index (χ3v) is 3.02. The van der Waals surface area contributed by atoms with Crippen LogP contribution < -0.4 is 11.3 Å². The first-order valence-corrected chi connectivity index (χ1v) is 5.74. The normalized spacial score (nSPS) is 14.4. The molecule has 0 aliphatic rings. The Hall–Kier alpha value is -1.95. The molecule has 2 aromatic rings. The second kappa shape index (κ2) is 4.38. The second-order valence-corrected chi connectivity index (χ2v) is 4.56. The van der Waals surface area contributed by atoms with E-state index in [1.807, 2.05) is 13.8 Å². The van der Waals surface area contributed by atoms with Crippen LogP contribution in [0.1, 0.15) is 26.1 Å². The Bertz CT molecular complexity index is 613. The minimum atomic E-state index is -0.624. The molecule has 0 amide bonds. The molecule has 0 saturated carbocycles. The highest BCUT2D eigenvalue weighted by Crippen LogP contribution is 2.22. The van der Waals surface area contributed by atoms with Crippen molar-refractivity contribution in [1.82, 2.24) is 14.7 Å². The van der Waals surface area contributed by atoms with Crippen LogP contribution in [0.15, 0.2) is 27.6 Å². The lowest BCUT2D eigenvalue weighted by Crippen LogP contribution is -2.33. The summed E-state index contributed by atoms with van der Waals surface area (Å²) >= 11 is 0. The quantitative estimate of drug-likeness (QED) is 0.876. The van der Waals surface area contributed by atoms with Crippen molar-refractivity contribution >= 4 is 0 Å². The molecule has 96 valence electrons. The molecular weight excluding hydrogens is 232 g/mol. The predicted molar refractivity (Wildman–Crippen MR) is 66.8 cm³/mol. The van der Waals surface area contributed by atoms with E-state index >= 15 is 0 Å². The van der Waals surface area contributed by atoms with E-state index in [-0.39, 0.29) is 5.56 Å². The molecule has 0 aliphatic heterocycles. The van der Waals surface area contributed by atoms with Crippen molar-refractivity contribution in [3.05, 3.63) is 34.5 Å². The summed E-state index contributed by atoms with van der Waals surface area (Å²) < 4.78 is 6.62. The zero-order valence-electron chi connectivity index (χ0n) is 10.7. The molecule has 0 fully saturated rings. The Labute approximate surface area is 104 Å². The summed E-state index contributed by atoms with van der Waals surface area (Å²) in [6, 6.07) is 3.20. The number of nitrogens with two attached hydrogens (primary N) is 1. The third-order valence-electron chi connectivity index (χ3n) is 3.02. The summed E-state index contributed by atoms with van der Waals surface area (Å²) in [5, 5.41) is 3.87. The lowest BCUT2D eigenvalue weighted by Gasteiger charge is -2.16. The van der Waals surface area contributed by atoms with Crippen LogP contribution in [0, 0.1) is 0 Å². The van der Waals surface area contributed by atoms with E-state index in [2.05, 4.69) is 10.1 Å². The maximum atomic E-state index is 11.5. The highest BCUT2D eigenvalue weighted by molar-refractivity contribution is 5.51. The highest BCUT2D eigenvalue weighted by Gasteiger charge is 2.25. The van der Waals surface area contributed by atoms with Crippen molar-refractivity contribution in [2.24, 2.45) is 12.8 Å². The molecule has 0 aromatic carbocycles. The predicted octanol–water partition coefficient (Wildman–Crippen LogP) is 1.02. The number of pyridine rings is 1. The van der Waals surface area contributed by atoms with Crippen molar-refractivity contribution < 1.29 is 4.52 Å². The van der Waals surface area contributed by atoms with E-state index in [0.29, 0.717) is 23.7 Å². The van der Waals surface area contributed by atoms with Gasteiger partial charge < -0.3 is 14.8 Å². The van der Waals surface area contributed by atoms with Gasteiger partial charge in [0.1, 0.15) is 0 Å². The van der Waals surface area contributed by atoms with Crippen molar-refractivity contribution in [3.8, 4) is 11.5 Å². The van der Waals surface area contributed by atoms with E-state index in [1.165, 1.54) is 10.6 Å². The SMILES string of the molecule is CCC(C)(N)c1noc(-c2ccn(C)c(=O)c2)n1. The van der Waals surface area contributed by atoms with Crippen LogP contribution in [0.25, 0.3) is 11.5 Å². The van der Waals surface area contributed by atoms with Gasteiger partial charge in [0.05, 0.1) is 5.54 Å². The highest BCUT2D eigenvalue weighted by atomic mass is 16.5. The van der Waals surface area contributed by atoms with Gasteiger partial charge in [0.2, 0.25) is 0 Å². The summed E-state index contributed by atoms with van der Waals surface area (Å²) in [5.41, 5.74) is 5.88. The fourth-order valence-corrected chi connectivity index (χ4v) is 1.41. The summed E-state index contributed by atoms with van der Waals surface area (Å²) in [6.45, 7) is 3.79. The molecule has 2 N–H and O–H groups in total. The molecule has 0 aliphatic carbocycles. The van der Waals surface area contributed by atoms with Gasteiger partial charge in [0.15, 0.2) is 5.82 Å². The number of aryl methyl sites for hydroxylation is 1. The van der Waals surface area contributed by atoms with Crippen LogP contribution in [-0.2, 0) is 12.6 Å². The number of aromatic nitrogens is 3. The van der Waals surface area contributed by atoms with Crippen molar-refractivity contribution in [2.75, 3.05) is 0 Å². The van der Waals surface area contributed by atoms with Crippen LogP contribution >= 0.6 is 0 Å². The average molecular weight is 248 g/mol. The summed E-state index contributed by atoms with van der Waals surface area (Å²) in [7, 11) is 1.68. The molecule has 0 spiro atoms. The summed E-state index contributed by atoms with van der Waals surface area (Å²) in [6.07, 6.45) is 2.35. The molecular formula is C12H16N4O2. The van der Waals surface area contributed by atoms with Crippen LogP contribution in [0.4, 0.5) is 0 Å². The van der Waals surface area contributed by atoms with Crippen LogP contribution in [-0.4, -0.2) is 14.7 Å². The molecule has 1 atom stereocenters. The monoisotopic (exact) mass is 248 g/mol. The Morgan fingerprint density at radius 2 is 2.28 bits per heavy atom. The standard InChI is InChI=1S/C12H16N4O2/c1-4-12(2,13)11-14-10(18-15-11)8-5-6-16(3)9(17)7-8/h5-7H,4,13H2,1-3H3. The molecule has 2 rings (SSSR count). The topological polar surface area (TPSA) is 86.9 Å². The number of hydrogen-bond acceptors (Lipinski definition) is 5. The molecule has 18 heavy (non-hydrogen) atoms. The van der Waals surface area contributed by atoms with Crippen LogP contribution in [0.5, 0.6) is 0 Å². The van der Waals surface area contributed by atoms with Gasteiger partial charge in [-0.3, -0.25) is 4.79 Å². The maximum Gasteiger partial charge on any atom is 0.258 e. The first-order valence-electron chi connectivity index (χ1n) is 5.74. The molecule has 0 bridgehead atoms. The molecule has 1 unspecified atom stereocenters. The van der Waals surface area contributed by atoms with E-state index in [9.17, 15) is 4.79 Å². The molecule has 6 heteroatoms. The largest absolute Gasteiger partial charge is 0.334 e. The first kappa shape index (κ1) is 12.5. The van der Waals surface area contributed by atoms with Crippen LogP contribution in [0.2, 0.25) is 0 Å². The van der Waals surface area contributed by atoms with Crippen LogP contribution in [0.3, 0.4) is 0 Å². The number of nitrogens with zero attached hydrogens (tertiary/aromatic N) is 3. The molecule has 2 heterocycles. The lowest BCUT2D eigenvalue weighted by atomic mass is 10.0. The molecule has 0 radical (unpaired) electrons. The van der Waals surface area contributed by atoms with Crippen molar-refractivity contribution in [1.29, 1.82) is 0 Å². The minimum Gasteiger partial charge on any atom is -0.334 e. The van der Waals surface area contributed by atoms with E-state index in [0.717, 1.165) is 0 Å². The zero-order chi connectivity index (χ0) is 13.3. The smallest absolute Gasteiger partial charge is 0.258 e. The minimum absolute atomic E-state index is 0.127. The van der Waals surface area contributed by atoms with Gasteiger partial charge in [0.25, 0.3) is 11.4 Å². The van der Waals surface area contributed by atoms with Gasteiger partial charge in [0, 0.05) is 24.9 Å². The Kier molecular flexibility index (Phi) is 3.04. The zero-order valence-corrected chi connectivity index (χ0v) is 10.7. The van der Waals surface area contributed by atoms with E-state index in [1.54, 1.807) is 19.3 Å². The number of rotatable bonds is 3. The van der Waals surface area contributed by atoms with Gasteiger partial charge in [-0.1, -0.05) is 12.1 Å². The Morgan fingerprint density at radius 3 is 2.89 bits per heavy atom. The van der Waals surface area contributed by atoms with E-state index in [4.69, 9.17) is 10.3 Å². The first-order chi connectivity index (χ1) is 8.44. The number of hydrogen-bond donors (Lipinski definition) is 1. The molecule has 2 aromatic heterocycles. The average Bonchev–Trinajstić information content (AvgIpc) is 2.83.